The first-order chi connectivity index (χ1) is 13.2. The Balaban J connectivity index is 1.68. The molecule has 0 radical (unpaired) electrons. The minimum Gasteiger partial charge on any atom is -0.444 e. The lowest BCUT2D eigenvalue weighted by atomic mass is 10.1. The van der Waals surface area contributed by atoms with Crippen LogP contribution in [0, 0.1) is 5.82 Å². The van der Waals surface area contributed by atoms with Gasteiger partial charge in [0.25, 0.3) is 5.91 Å². The summed E-state index contributed by atoms with van der Waals surface area (Å²) in [7, 11) is 0. The second-order valence-corrected chi connectivity index (χ2v) is 7.96. The summed E-state index contributed by atoms with van der Waals surface area (Å²) in [6, 6.07) is 13.3. The number of nitrogens with zero attached hydrogens (tertiary/aromatic N) is 1. The maximum absolute atomic E-state index is 14.0. The predicted molar refractivity (Wildman–Crippen MR) is 106 cm³/mol. The molecule has 0 aromatic heterocycles. The highest BCUT2D eigenvalue weighted by Gasteiger charge is 2.33. The van der Waals surface area contributed by atoms with Gasteiger partial charge in [-0.25, -0.2) is 9.18 Å². The van der Waals surface area contributed by atoms with Crippen LogP contribution in [-0.2, 0) is 11.3 Å². The van der Waals surface area contributed by atoms with E-state index in [9.17, 15) is 14.0 Å². The summed E-state index contributed by atoms with van der Waals surface area (Å²) in [5.74, 6) is -0.451. The number of ether oxygens (including phenoxy) is 1. The van der Waals surface area contributed by atoms with Crippen LogP contribution in [0.15, 0.2) is 48.5 Å². The quantitative estimate of drug-likeness (QED) is 0.791. The molecule has 6 heteroatoms. The molecule has 1 aliphatic rings. The van der Waals surface area contributed by atoms with Crippen molar-refractivity contribution in [1.82, 2.24) is 4.90 Å². The second kappa shape index (κ2) is 8.00. The Labute approximate surface area is 164 Å². The lowest BCUT2D eigenvalue weighted by Crippen LogP contribution is -2.33. The Bertz CT molecular complexity index is 855. The van der Waals surface area contributed by atoms with Crippen molar-refractivity contribution in [3.05, 3.63) is 65.5 Å². The fourth-order valence-electron chi connectivity index (χ4n) is 2.85. The molecule has 3 rings (SSSR count). The Hall–Kier alpha value is -2.89. The van der Waals surface area contributed by atoms with Crippen LogP contribution in [0.1, 0.15) is 49.5 Å². The molecular weight excluding hydrogens is 359 g/mol. The minimum absolute atomic E-state index is 0.144. The Morgan fingerprint density at radius 1 is 1.11 bits per heavy atom. The number of halogens is 1. The van der Waals surface area contributed by atoms with Gasteiger partial charge in [0.05, 0.1) is 0 Å². The number of benzene rings is 2. The molecule has 5 nitrogen and oxygen atoms in total. The van der Waals surface area contributed by atoms with Crippen molar-refractivity contribution in [2.75, 3.05) is 5.32 Å². The van der Waals surface area contributed by atoms with Crippen LogP contribution in [0.5, 0.6) is 0 Å². The highest BCUT2D eigenvalue weighted by Crippen LogP contribution is 2.30. The van der Waals surface area contributed by atoms with E-state index in [1.54, 1.807) is 68.1 Å². The van der Waals surface area contributed by atoms with Crippen molar-refractivity contribution in [2.45, 2.75) is 51.8 Å². The molecule has 2 aromatic carbocycles. The zero-order chi connectivity index (χ0) is 20.3. The highest BCUT2D eigenvalue weighted by molar-refractivity contribution is 5.95. The van der Waals surface area contributed by atoms with Gasteiger partial charge >= 0.3 is 6.09 Å². The lowest BCUT2D eigenvalue weighted by Gasteiger charge is -2.23. The number of amides is 2. The van der Waals surface area contributed by atoms with E-state index in [4.69, 9.17) is 4.74 Å². The van der Waals surface area contributed by atoms with Gasteiger partial charge in [-0.2, -0.15) is 0 Å². The molecule has 1 aliphatic carbocycles. The number of anilines is 1. The number of carbonyl (C=O) groups is 2. The van der Waals surface area contributed by atoms with Crippen molar-refractivity contribution in [1.29, 1.82) is 0 Å². The summed E-state index contributed by atoms with van der Waals surface area (Å²) in [5.41, 5.74) is 0.958. The Morgan fingerprint density at radius 2 is 1.75 bits per heavy atom. The predicted octanol–water partition coefficient (Wildman–Crippen LogP) is 4.98. The van der Waals surface area contributed by atoms with Crippen LogP contribution in [-0.4, -0.2) is 28.5 Å². The number of rotatable bonds is 5. The summed E-state index contributed by atoms with van der Waals surface area (Å²) >= 11 is 0. The summed E-state index contributed by atoms with van der Waals surface area (Å²) < 4.78 is 19.2. The van der Waals surface area contributed by atoms with E-state index in [0.717, 1.165) is 12.8 Å². The largest absolute Gasteiger partial charge is 0.444 e. The zero-order valence-corrected chi connectivity index (χ0v) is 16.4. The van der Waals surface area contributed by atoms with Crippen LogP contribution in [0.3, 0.4) is 0 Å². The van der Waals surface area contributed by atoms with Crippen molar-refractivity contribution in [3.8, 4) is 0 Å². The molecule has 0 bridgehead atoms. The van der Waals surface area contributed by atoms with E-state index in [1.165, 1.54) is 6.07 Å². The first-order valence-electron chi connectivity index (χ1n) is 9.37. The Morgan fingerprint density at radius 3 is 2.32 bits per heavy atom. The molecular formula is C22H25FN2O3. The van der Waals surface area contributed by atoms with Gasteiger partial charge in [-0.3, -0.25) is 10.1 Å². The second-order valence-electron chi connectivity index (χ2n) is 7.96. The summed E-state index contributed by atoms with van der Waals surface area (Å²) in [5, 5.41) is 2.64. The molecule has 1 saturated carbocycles. The first kappa shape index (κ1) is 19.9. The summed E-state index contributed by atoms with van der Waals surface area (Å²) in [6.45, 7) is 5.61. The fourth-order valence-corrected chi connectivity index (χ4v) is 2.85. The summed E-state index contributed by atoms with van der Waals surface area (Å²) in [4.78, 5) is 26.5. The first-order valence-corrected chi connectivity index (χ1v) is 9.37. The molecule has 0 unspecified atom stereocenters. The number of hydrogen-bond acceptors (Lipinski definition) is 3. The van der Waals surface area contributed by atoms with Crippen LogP contribution in [0.25, 0.3) is 0 Å². The molecule has 0 heterocycles. The molecule has 2 amide bonds. The molecule has 0 atom stereocenters. The van der Waals surface area contributed by atoms with Crippen molar-refractivity contribution < 1.29 is 18.7 Å². The molecule has 0 aliphatic heterocycles. The normalized spacial score (nSPS) is 13.7. The van der Waals surface area contributed by atoms with Gasteiger partial charge in [-0.1, -0.05) is 18.2 Å². The van der Waals surface area contributed by atoms with Gasteiger partial charge in [0, 0.05) is 29.4 Å². The van der Waals surface area contributed by atoms with E-state index in [1.807, 2.05) is 0 Å². The third kappa shape index (κ3) is 5.31. The number of carbonyl (C=O) groups excluding carboxylic acids is 2. The van der Waals surface area contributed by atoms with Gasteiger partial charge in [-0.05, 0) is 63.9 Å². The van der Waals surface area contributed by atoms with Crippen molar-refractivity contribution in [3.63, 3.8) is 0 Å². The topological polar surface area (TPSA) is 58.6 Å². The van der Waals surface area contributed by atoms with Gasteiger partial charge in [0.1, 0.15) is 11.4 Å². The fraction of sp³-hybridized carbons (Fsp3) is 0.364. The van der Waals surface area contributed by atoms with Crippen LogP contribution < -0.4 is 5.32 Å². The molecule has 0 spiro atoms. The van der Waals surface area contributed by atoms with E-state index in [2.05, 4.69) is 5.32 Å². The van der Waals surface area contributed by atoms with Gasteiger partial charge in [0.15, 0.2) is 0 Å². The maximum atomic E-state index is 14.0. The average Bonchev–Trinajstić information content (AvgIpc) is 3.44. The minimum atomic E-state index is -0.586. The van der Waals surface area contributed by atoms with Gasteiger partial charge < -0.3 is 9.64 Å². The zero-order valence-electron chi connectivity index (χ0n) is 16.4. The van der Waals surface area contributed by atoms with Gasteiger partial charge in [-0.15, -0.1) is 0 Å². The summed E-state index contributed by atoms with van der Waals surface area (Å²) in [6.07, 6.45) is 1.31. The van der Waals surface area contributed by atoms with E-state index in [0.29, 0.717) is 16.8 Å². The number of nitrogens with one attached hydrogen (secondary N) is 1. The molecule has 28 heavy (non-hydrogen) atoms. The van der Waals surface area contributed by atoms with Crippen LogP contribution >= 0.6 is 0 Å². The van der Waals surface area contributed by atoms with Crippen LogP contribution in [0.2, 0.25) is 0 Å². The average molecular weight is 384 g/mol. The monoisotopic (exact) mass is 384 g/mol. The third-order valence-electron chi connectivity index (χ3n) is 4.32. The van der Waals surface area contributed by atoms with E-state index >= 15 is 0 Å². The lowest BCUT2D eigenvalue weighted by molar-refractivity contribution is 0.0635. The van der Waals surface area contributed by atoms with Gasteiger partial charge in [0.2, 0.25) is 0 Å². The van der Waals surface area contributed by atoms with Crippen molar-refractivity contribution in [2.24, 2.45) is 0 Å². The van der Waals surface area contributed by atoms with Crippen molar-refractivity contribution >= 4 is 17.7 Å². The SMILES string of the molecule is CC(C)(C)OC(=O)Nc1ccc(C(=O)N(Cc2ccccc2F)C2CC2)cc1. The third-order valence-corrected chi connectivity index (χ3v) is 4.32. The molecule has 148 valence electrons. The standard InChI is InChI=1S/C22H25FN2O3/c1-22(2,3)28-21(27)24-17-10-8-15(9-11-17)20(26)25(18-12-13-18)14-16-6-4-5-7-19(16)23/h4-11,18H,12-14H2,1-3H3,(H,24,27). The highest BCUT2D eigenvalue weighted by atomic mass is 19.1. The number of hydrogen-bond donors (Lipinski definition) is 1. The molecule has 0 saturated heterocycles. The molecule has 1 fully saturated rings. The molecule has 1 N–H and O–H groups in total. The Kier molecular flexibility index (Phi) is 5.68. The van der Waals surface area contributed by atoms with E-state index in [-0.39, 0.29) is 24.3 Å². The smallest absolute Gasteiger partial charge is 0.412 e. The molecule has 2 aromatic rings. The van der Waals surface area contributed by atoms with E-state index < -0.39 is 11.7 Å². The maximum Gasteiger partial charge on any atom is 0.412 e. The van der Waals surface area contributed by atoms with Crippen LogP contribution in [0.4, 0.5) is 14.9 Å².